The van der Waals surface area contributed by atoms with Crippen LogP contribution in [0.25, 0.3) is 0 Å². The van der Waals surface area contributed by atoms with E-state index >= 15 is 0 Å². The van der Waals surface area contributed by atoms with Gasteiger partial charge in [0.05, 0.1) is 24.4 Å². The summed E-state index contributed by atoms with van der Waals surface area (Å²) >= 11 is 0. The molecule has 0 aromatic rings. The Balaban J connectivity index is 1.33. The minimum atomic E-state index is -0.226. The average Bonchev–Trinajstić information content (AvgIpc) is 2.77. The summed E-state index contributed by atoms with van der Waals surface area (Å²) in [4.78, 5) is 0. The number of hydrogen-bond acceptors (Lipinski definition) is 4. The molecule has 8 atom stereocenters. The Hall–Kier alpha value is -0.160. The summed E-state index contributed by atoms with van der Waals surface area (Å²) in [5, 5.41) is 42.5. The number of aliphatic hydroxyl groups is 4. The van der Waals surface area contributed by atoms with E-state index in [1.807, 2.05) is 0 Å². The van der Waals surface area contributed by atoms with E-state index in [0.717, 1.165) is 96.3 Å². The third-order valence-electron chi connectivity index (χ3n) is 10.3. The second-order valence-corrected chi connectivity index (χ2v) is 13.2. The Morgan fingerprint density at radius 1 is 0.455 bits per heavy atom. The quantitative estimate of drug-likeness (QED) is 0.430. The molecular weight excluding hydrogens is 412 g/mol. The van der Waals surface area contributed by atoms with Crippen LogP contribution in [0.5, 0.6) is 0 Å². The Kier molecular flexibility index (Phi) is 9.20. The van der Waals surface area contributed by atoms with E-state index in [1.165, 1.54) is 0 Å². The molecule has 4 nitrogen and oxygen atoms in total. The molecule has 4 saturated carbocycles. The van der Waals surface area contributed by atoms with Crippen molar-refractivity contribution in [3.8, 4) is 0 Å². The van der Waals surface area contributed by atoms with Gasteiger partial charge >= 0.3 is 0 Å². The van der Waals surface area contributed by atoms with E-state index in [9.17, 15) is 20.4 Å². The molecule has 192 valence electrons. The lowest BCUT2D eigenvalue weighted by Crippen LogP contribution is -2.43. The summed E-state index contributed by atoms with van der Waals surface area (Å²) < 4.78 is 0. The third kappa shape index (κ3) is 6.96. The first-order chi connectivity index (χ1) is 15.8. The smallest absolute Gasteiger partial charge is 0.0596 e. The lowest BCUT2D eigenvalue weighted by atomic mass is 9.63. The van der Waals surface area contributed by atoms with Crippen molar-refractivity contribution >= 4 is 0 Å². The minimum Gasteiger partial charge on any atom is -0.393 e. The molecule has 0 radical (unpaired) electrons. The minimum absolute atomic E-state index is 0.106. The highest BCUT2D eigenvalue weighted by Crippen LogP contribution is 2.46. The highest BCUT2D eigenvalue weighted by molar-refractivity contribution is 4.93. The zero-order valence-electron chi connectivity index (χ0n) is 21.3. The fourth-order valence-corrected chi connectivity index (χ4v) is 8.54. The molecule has 4 heteroatoms. The molecule has 0 saturated heterocycles. The van der Waals surface area contributed by atoms with Crippen molar-refractivity contribution in [1.29, 1.82) is 0 Å². The first kappa shape index (κ1) is 25.9. The van der Waals surface area contributed by atoms with Crippen molar-refractivity contribution in [3.05, 3.63) is 0 Å². The summed E-state index contributed by atoms with van der Waals surface area (Å²) in [5.41, 5.74) is 0. The fraction of sp³-hybridized carbons (Fsp3) is 1.00. The third-order valence-corrected chi connectivity index (χ3v) is 10.3. The Morgan fingerprint density at radius 2 is 0.758 bits per heavy atom. The van der Waals surface area contributed by atoms with Gasteiger partial charge in [-0.1, -0.05) is 13.8 Å². The van der Waals surface area contributed by atoms with Gasteiger partial charge in [0.1, 0.15) is 0 Å². The lowest BCUT2D eigenvalue weighted by molar-refractivity contribution is -0.0596. The first-order valence-electron chi connectivity index (χ1n) is 14.5. The summed E-state index contributed by atoms with van der Waals surface area (Å²) in [6, 6.07) is 0. The Bertz CT molecular complexity index is 530. The van der Waals surface area contributed by atoms with E-state index in [1.54, 1.807) is 0 Å². The number of aliphatic hydroxyl groups excluding tert-OH is 4. The van der Waals surface area contributed by atoms with Gasteiger partial charge < -0.3 is 20.4 Å². The van der Waals surface area contributed by atoms with Gasteiger partial charge in [-0.15, -0.1) is 0 Å². The maximum absolute atomic E-state index is 11.4. The fourth-order valence-electron chi connectivity index (χ4n) is 8.54. The predicted octanol–water partition coefficient (Wildman–Crippen LogP) is 5.31. The molecule has 0 aromatic carbocycles. The number of rotatable bonds is 6. The number of hydrogen-bond donors (Lipinski definition) is 4. The first-order valence-corrected chi connectivity index (χ1v) is 14.5. The van der Waals surface area contributed by atoms with Crippen LogP contribution in [-0.4, -0.2) is 44.8 Å². The van der Waals surface area contributed by atoms with Gasteiger partial charge in [0, 0.05) is 0 Å². The van der Waals surface area contributed by atoms with Gasteiger partial charge in [0.25, 0.3) is 0 Å². The molecule has 8 unspecified atom stereocenters. The highest BCUT2D eigenvalue weighted by Gasteiger charge is 2.42. The highest BCUT2D eigenvalue weighted by atomic mass is 16.3. The SMILES string of the molecule is CC1CC(CC2CCC(O)CC2)C(O)C(CC2CC(C)CC(CC3CCC(O)CC3)C2O)C1. The molecule has 4 aliphatic carbocycles. The second kappa shape index (κ2) is 11.7. The van der Waals surface area contributed by atoms with Gasteiger partial charge in [0.15, 0.2) is 0 Å². The molecule has 0 aliphatic heterocycles. The average molecular weight is 465 g/mol. The van der Waals surface area contributed by atoms with Crippen LogP contribution in [0.1, 0.15) is 110 Å². The molecule has 33 heavy (non-hydrogen) atoms. The Morgan fingerprint density at radius 3 is 1.09 bits per heavy atom. The van der Waals surface area contributed by atoms with Crippen molar-refractivity contribution in [1.82, 2.24) is 0 Å². The van der Waals surface area contributed by atoms with E-state index < -0.39 is 0 Å². The van der Waals surface area contributed by atoms with Crippen LogP contribution in [0.4, 0.5) is 0 Å². The molecule has 0 bridgehead atoms. The van der Waals surface area contributed by atoms with Crippen molar-refractivity contribution in [3.63, 3.8) is 0 Å². The van der Waals surface area contributed by atoms with Gasteiger partial charge in [0.2, 0.25) is 0 Å². The van der Waals surface area contributed by atoms with Crippen LogP contribution in [0.3, 0.4) is 0 Å². The van der Waals surface area contributed by atoms with Crippen molar-refractivity contribution in [2.45, 2.75) is 135 Å². The van der Waals surface area contributed by atoms with Crippen LogP contribution < -0.4 is 0 Å². The zero-order valence-corrected chi connectivity index (χ0v) is 21.3. The molecular formula is C29H52O4. The van der Waals surface area contributed by atoms with Crippen LogP contribution >= 0.6 is 0 Å². The molecule has 4 rings (SSSR count). The van der Waals surface area contributed by atoms with Crippen molar-refractivity contribution in [2.75, 3.05) is 0 Å². The standard InChI is InChI=1S/C29H52O4/c1-18-11-22(15-20-3-7-26(30)8-4-20)28(32)24(13-18)17-25-14-19(2)12-23(29(25)33)16-21-5-9-27(31)10-6-21/h18-33H,3-17H2,1-2H3. The van der Waals surface area contributed by atoms with Crippen LogP contribution in [0, 0.1) is 47.3 Å². The predicted molar refractivity (Wildman–Crippen MR) is 133 cm³/mol. The lowest BCUT2D eigenvalue weighted by Gasteiger charge is -2.45. The summed E-state index contributed by atoms with van der Waals surface area (Å²) in [6.07, 6.45) is 15.2. The molecule has 0 amide bonds. The Labute approximate surface area is 202 Å². The van der Waals surface area contributed by atoms with Crippen LogP contribution in [-0.2, 0) is 0 Å². The monoisotopic (exact) mass is 464 g/mol. The van der Waals surface area contributed by atoms with Gasteiger partial charge in [-0.25, -0.2) is 0 Å². The van der Waals surface area contributed by atoms with Gasteiger partial charge in [-0.05, 0) is 144 Å². The summed E-state index contributed by atoms with van der Waals surface area (Å²) in [7, 11) is 0. The van der Waals surface area contributed by atoms with Crippen molar-refractivity contribution in [2.24, 2.45) is 47.3 Å². The van der Waals surface area contributed by atoms with Gasteiger partial charge in [-0.3, -0.25) is 0 Å². The normalized spacial score (nSPS) is 49.6. The maximum Gasteiger partial charge on any atom is 0.0596 e. The molecule has 0 spiro atoms. The van der Waals surface area contributed by atoms with E-state index in [2.05, 4.69) is 13.8 Å². The van der Waals surface area contributed by atoms with E-state index in [4.69, 9.17) is 0 Å². The largest absolute Gasteiger partial charge is 0.393 e. The topological polar surface area (TPSA) is 80.9 Å². The van der Waals surface area contributed by atoms with Crippen LogP contribution in [0.2, 0.25) is 0 Å². The molecule has 4 fully saturated rings. The van der Waals surface area contributed by atoms with Crippen LogP contribution in [0.15, 0.2) is 0 Å². The summed E-state index contributed by atoms with van der Waals surface area (Å²) in [5.74, 6) is 4.06. The summed E-state index contributed by atoms with van der Waals surface area (Å²) in [6.45, 7) is 4.72. The molecule has 0 aromatic heterocycles. The second-order valence-electron chi connectivity index (χ2n) is 13.2. The van der Waals surface area contributed by atoms with Gasteiger partial charge in [-0.2, -0.15) is 0 Å². The molecule has 4 N–H and O–H groups in total. The maximum atomic E-state index is 11.4. The zero-order chi connectivity index (χ0) is 23.5. The van der Waals surface area contributed by atoms with E-state index in [0.29, 0.717) is 47.3 Å². The molecule has 0 heterocycles. The van der Waals surface area contributed by atoms with E-state index in [-0.39, 0.29) is 24.4 Å². The van der Waals surface area contributed by atoms with Crippen molar-refractivity contribution < 1.29 is 20.4 Å². The molecule has 4 aliphatic rings.